The standard InChI is InChI=1S/C50H96O6/c1-6-7-8-9-23-32-37-42-50(53)56-47(44-55-49(52)41-36-31-27-22-18-20-25-29-34-39-46(4)5)43-54-48(51)40-35-30-26-21-17-15-13-11-10-12-14-16-19-24-28-33-38-45(2)3/h45-47H,6-44H2,1-5H3/t47-/m0/s1. The zero-order valence-corrected chi connectivity index (χ0v) is 38.3. The van der Waals surface area contributed by atoms with Crippen molar-refractivity contribution in [2.75, 3.05) is 13.2 Å². The van der Waals surface area contributed by atoms with E-state index in [0.717, 1.165) is 69.6 Å². The molecular formula is C50H96O6. The molecule has 56 heavy (non-hydrogen) atoms. The molecule has 0 saturated carbocycles. The zero-order chi connectivity index (χ0) is 41.2. The fourth-order valence-corrected chi connectivity index (χ4v) is 7.46. The van der Waals surface area contributed by atoms with Gasteiger partial charge in [-0.2, -0.15) is 0 Å². The Kier molecular flexibility index (Phi) is 41.8. The highest BCUT2D eigenvalue weighted by Crippen LogP contribution is 2.17. The Balaban J connectivity index is 4.15. The lowest BCUT2D eigenvalue weighted by Gasteiger charge is -2.18. The fraction of sp³-hybridized carbons (Fsp3) is 0.940. The Morgan fingerprint density at radius 3 is 0.875 bits per heavy atom. The van der Waals surface area contributed by atoms with Crippen LogP contribution in [0.5, 0.6) is 0 Å². The summed E-state index contributed by atoms with van der Waals surface area (Å²) in [5, 5.41) is 0. The largest absolute Gasteiger partial charge is 0.462 e. The Bertz CT molecular complexity index is 854. The van der Waals surface area contributed by atoms with E-state index in [1.807, 2.05) is 0 Å². The highest BCUT2D eigenvalue weighted by atomic mass is 16.6. The van der Waals surface area contributed by atoms with E-state index in [4.69, 9.17) is 14.2 Å². The van der Waals surface area contributed by atoms with Gasteiger partial charge in [-0.25, -0.2) is 0 Å². The molecule has 0 aromatic carbocycles. The summed E-state index contributed by atoms with van der Waals surface area (Å²) >= 11 is 0. The minimum absolute atomic E-state index is 0.0647. The lowest BCUT2D eigenvalue weighted by molar-refractivity contribution is -0.167. The SMILES string of the molecule is CCCCCCCCCC(=O)O[C@@H](COC(=O)CCCCCCCCCCCCCCCCCCC(C)C)COC(=O)CCCCCCCCCCCC(C)C. The minimum Gasteiger partial charge on any atom is -0.462 e. The van der Waals surface area contributed by atoms with Crippen LogP contribution >= 0.6 is 0 Å². The van der Waals surface area contributed by atoms with Gasteiger partial charge in [0.2, 0.25) is 0 Å². The molecule has 0 aliphatic heterocycles. The molecule has 0 aromatic rings. The molecule has 6 nitrogen and oxygen atoms in total. The van der Waals surface area contributed by atoms with E-state index in [-0.39, 0.29) is 31.1 Å². The van der Waals surface area contributed by atoms with Crippen LogP contribution in [0.15, 0.2) is 0 Å². The van der Waals surface area contributed by atoms with E-state index in [9.17, 15) is 14.4 Å². The molecule has 0 aliphatic rings. The van der Waals surface area contributed by atoms with Crippen LogP contribution in [-0.2, 0) is 28.6 Å². The predicted molar refractivity (Wildman–Crippen MR) is 238 cm³/mol. The fourth-order valence-electron chi connectivity index (χ4n) is 7.46. The van der Waals surface area contributed by atoms with Crippen LogP contribution in [0.3, 0.4) is 0 Å². The summed E-state index contributed by atoms with van der Waals surface area (Å²) in [6.45, 7) is 11.3. The van der Waals surface area contributed by atoms with Gasteiger partial charge in [-0.1, -0.05) is 234 Å². The zero-order valence-electron chi connectivity index (χ0n) is 38.3. The van der Waals surface area contributed by atoms with Gasteiger partial charge in [-0.15, -0.1) is 0 Å². The molecule has 332 valence electrons. The second kappa shape index (κ2) is 43.0. The highest BCUT2D eigenvalue weighted by Gasteiger charge is 2.19. The molecule has 0 amide bonds. The molecule has 0 aliphatic carbocycles. The molecule has 0 N–H and O–H groups in total. The maximum absolute atomic E-state index is 12.6. The highest BCUT2D eigenvalue weighted by molar-refractivity contribution is 5.71. The van der Waals surface area contributed by atoms with Gasteiger partial charge in [0.05, 0.1) is 0 Å². The quantitative estimate of drug-likeness (QED) is 0.0347. The number of esters is 3. The Morgan fingerprint density at radius 1 is 0.339 bits per heavy atom. The molecule has 0 aromatic heterocycles. The first-order chi connectivity index (χ1) is 27.2. The molecule has 1 atom stereocenters. The first-order valence-electron chi connectivity index (χ1n) is 24.7. The number of unbranched alkanes of at least 4 members (excludes halogenated alkanes) is 29. The number of carbonyl (C=O) groups is 3. The third-order valence-electron chi connectivity index (χ3n) is 11.2. The maximum Gasteiger partial charge on any atom is 0.306 e. The van der Waals surface area contributed by atoms with E-state index in [0.29, 0.717) is 19.3 Å². The van der Waals surface area contributed by atoms with Gasteiger partial charge in [0.25, 0.3) is 0 Å². The summed E-state index contributed by atoms with van der Waals surface area (Å²) in [6, 6.07) is 0. The van der Waals surface area contributed by atoms with Crippen molar-refractivity contribution in [2.24, 2.45) is 11.8 Å². The van der Waals surface area contributed by atoms with E-state index in [2.05, 4.69) is 34.6 Å². The number of hydrogen-bond donors (Lipinski definition) is 0. The third kappa shape index (κ3) is 43.5. The van der Waals surface area contributed by atoms with Crippen LogP contribution in [0.2, 0.25) is 0 Å². The van der Waals surface area contributed by atoms with Crippen molar-refractivity contribution in [2.45, 2.75) is 278 Å². The molecule has 0 fully saturated rings. The van der Waals surface area contributed by atoms with E-state index in [1.54, 1.807) is 0 Å². The van der Waals surface area contributed by atoms with Crippen LogP contribution in [0.25, 0.3) is 0 Å². The minimum atomic E-state index is -0.759. The van der Waals surface area contributed by atoms with Crippen molar-refractivity contribution in [3.8, 4) is 0 Å². The average Bonchev–Trinajstić information content (AvgIpc) is 3.16. The van der Waals surface area contributed by atoms with Gasteiger partial charge in [0, 0.05) is 19.3 Å². The number of carbonyl (C=O) groups excluding carboxylic acids is 3. The molecule has 6 heteroatoms. The predicted octanol–water partition coefficient (Wildman–Crippen LogP) is 15.8. The van der Waals surface area contributed by atoms with Gasteiger partial charge in [-0.3, -0.25) is 14.4 Å². The normalized spacial score (nSPS) is 12.1. The summed E-state index contributed by atoms with van der Waals surface area (Å²) < 4.78 is 16.7. The first-order valence-corrected chi connectivity index (χ1v) is 24.7. The second-order valence-electron chi connectivity index (χ2n) is 18.1. The van der Waals surface area contributed by atoms with Crippen molar-refractivity contribution in [1.29, 1.82) is 0 Å². The van der Waals surface area contributed by atoms with Crippen LogP contribution < -0.4 is 0 Å². The van der Waals surface area contributed by atoms with Crippen molar-refractivity contribution >= 4 is 17.9 Å². The average molecular weight is 793 g/mol. The molecule has 0 unspecified atom stereocenters. The van der Waals surface area contributed by atoms with Crippen molar-refractivity contribution in [3.05, 3.63) is 0 Å². The summed E-state index contributed by atoms with van der Waals surface area (Å²) in [4.78, 5) is 37.7. The topological polar surface area (TPSA) is 78.9 Å². The Hall–Kier alpha value is -1.59. The Labute approximate surface area is 348 Å². The Morgan fingerprint density at radius 2 is 0.589 bits per heavy atom. The van der Waals surface area contributed by atoms with Crippen molar-refractivity contribution in [1.82, 2.24) is 0 Å². The molecule has 0 bridgehead atoms. The second-order valence-corrected chi connectivity index (χ2v) is 18.1. The first kappa shape index (κ1) is 54.4. The van der Waals surface area contributed by atoms with Crippen LogP contribution in [-0.4, -0.2) is 37.2 Å². The van der Waals surface area contributed by atoms with Crippen molar-refractivity contribution in [3.63, 3.8) is 0 Å². The third-order valence-corrected chi connectivity index (χ3v) is 11.2. The van der Waals surface area contributed by atoms with E-state index in [1.165, 1.54) is 161 Å². The number of ether oxygens (including phenoxy) is 3. The van der Waals surface area contributed by atoms with E-state index < -0.39 is 6.10 Å². The molecule has 0 rings (SSSR count). The monoisotopic (exact) mass is 793 g/mol. The molecular weight excluding hydrogens is 697 g/mol. The van der Waals surface area contributed by atoms with Crippen LogP contribution in [0.4, 0.5) is 0 Å². The van der Waals surface area contributed by atoms with Gasteiger partial charge in [0.15, 0.2) is 6.10 Å². The molecule has 0 heterocycles. The summed E-state index contributed by atoms with van der Waals surface area (Å²) in [5.74, 6) is 0.802. The van der Waals surface area contributed by atoms with Gasteiger partial charge in [0.1, 0.15) is 13.2 Å². The van der Waals surface area contributed by atoms with Gasteiger partial charge in [-0.05, 0) is 31.1 Å². The molecule has 0 saturated heterocycles. The van der Waals surface area contributed by atoms with Gasteiger partial charge >= 0.3 is 17.9 Å². The van der Waals surface area contributed by atoms with E-state index >= 15 is 0 Å². The molecule has 0 radical (unpaired) electrons. The summed E-state index contributed by atoms with van der Waals surface area (Å²) in [5.41, 5.74) is 0. The smallest absolute Gasteiger partial charge is 0.306 e. The van der Waals surface area contributed by atoms with Crippen molar-refractivity contribution < 1.29 is 28.6 Å². The lowest BCUT2D eigenvalue weighted by Crippen LogP contribution is -2.30. The summed E-state index contributed by atoms with van der Waals surface area (Å²) in [7, 11) is 0. The number of rotatable bonds is 44. The molecule has 0 spiro atoms. The maximum atomic E-state index is 12.6. The summed E-state index contributed by atoms with van der Waals surface area (Å²) in [6.07, 6.45) is 42.5. The van der Waals surface area contributed by atoms with Gasteiger partial charge < -0.3 is 14.2 Å². The van der Waals surface area contributed by atoms with Crippen LogP contribution in [0, 0.1) is 11.8 Å². The number of hydrogen-bond acceptors (Lipinski definition) is 6. The lowest BCUT2D eigenvalue weighted by atomic mass is 10.0. The van der Waals surface area contributed by atoms with Crippen LogP contribution in [0.1, 0.15) is 272 Å².